The fourth-order valence-electron chi connectivity index (χ4n) is 2.52. The lowest BCUT2D eigenvalue weighted by Gasteiger charge is -2.41. The maximum atomic E-state index is 11.5. The van der Waals surface area contributed by atoms with E-state index in [1.54, 1.807) is 6.92 Å². The average Bonchev–Trinajstić information content (AvgIpc) is 2.23. The molecule has 0 saturated heterocycles. The molecule has 1 aliphatic rings. The van der Waals surface area contributed by atoms with E-state index in [-0.39, 0.29) is 0 Å². The van der Waals surface area contributed by atoms with E-state index in [2.05, 4.69) is 31.1 Å². The van der Waals surface area contributed by atoms with Gasteiger partial charge in [-0.2, -0.15) is 0 Å². The zero-order valence-corrected chi connectivity index (χ0v) is 12.2. The van der Waals surface area contributed by atoms with Crippen molar-refractivity contribution in [1.82, 2.24) is 10.2 Å². The Bertz CT molecular complexity index is 279. The van der Waals surface area contributed by atoms with Gasteiger partial charge in [0.15, 0.2) is 0 Å². The number of rotatable bonds is 8. The average molecular weight is 256 g/mol. The van der Waals surface area contributed by atoms with Crippen molar-refractivity contribution in [2.45, 2.75) is 70.5 Å². The van der Waals surface area contributed by atoms with Gasteiger partial charge in [-0.1, -0.05) is 13.3 Å². The molecule has 0 radical (unpaired) electrons. The Kier molecular flexibility index (Phi) is 5.60. The normalized spacial score (nSPS) is 21.4. The first kappa shape index (κ1) is 15.4. The standard InChI is InChI=1S/C14H28N2O2/c1-5-9-15-14(3,13(17)18)10-11(2)16(4)12-7-6-8-12/h11-12,15H,5-10H2,1-4H3,(H,17,18). The number of hydrogen-bond donors (Lipinski definition) is 2. The molecule has 4 nitrogen and oxygen atoms in total. The quantitative estimate of drug-likeness (QED) is 0.698. The first-order chi connectivity index (χ1) is 8.40. The molecule has 0 spiro atoms. The highest BCUT2D eigenvalue weighted by atomic mass is 16.4. The highest BCUT2D eigenvalue weighted by Gasteiger charge is 2.36. The van der Waals surface area contributed by atoms with Crippen LogP contribution in [0.25, 0.3) is 0 Å². The van der Waals surface area contributed by atoms with Crippen LogP contribution in [0.4, 0.5) is 0 Å². The smallest absolute Gasteiger partial charge is 0.323 e. The molecule has 18 heavy (non-hydrogen) atoms. The monoisotopic (exact) mass is 256 g/mol. The van der Waals surface area contributed by atoms with E-state index < -0.39 is 11.5 Å². The van der Waals surface area contributed by atoms with E-state index in [0.717, 1.165) is 13.0 Å². The molecule has 0 aliphatic heterocycles. The molecule has 0 aromatic heterocycles. The molecule has 2 atom stereocenters. The SMILES string of the molecule is CCCNC(C)(CC(C)N(C)C1CCC1)C(=O)O. The van der Waals surface area contributed by atoms with Crippen molar-refractivity contribution in [2.24, 2.45) is 0 Å². The Morgan fingerprint density at radius 1 is 1.56 bits per heavy atom. The molecule has 1 aliphatic carbocycles. The molecule has 0 aromatic carbocycles. The van der Waals surface area contributed by atoms with Gasteiger partial charge in [0, 0.05) is 12.1 Å². The number of nitrogens with one attached hydrogen (secondary N) is 1. The van der Waals surface area contributed by atoms with Crippen molar-refractivity contribution in [3.05, 3.63) is 0 Å². The van der Waals surface area contributed by atoms with E-state index in [4.69, 9.17) is 0 Å². The molecule has 4 heteroatoms. The minimum Gasteiger partial charge on any atom is -0.480 e. The van der Waals surface area contributed by atoms with Crippen molar-refractivity contribution in [2.75, 3.05) is 13.6 Å². The topological polar surface area (TPSA) is 52.6 Å². The summed E-state index contributed by atoms with van der Waals surface area (Å²) in [5.74, 6) is -0.746. The molecule has 2 N–H and O–H groups in total. The fraction of sp³-hybridized carbons (Fsp3) is 0.929. The summed E-state index contributed by atoms with van der Waals surface area (Å²) in [6.45, 7) is 6.74. The van der Waals surface area contributed by atoms with E-state index in [9.17, 15) is 9.90 Å². The van der Waals surface area contributed by atoms with E-state index in [0.29, 0.717) is 18.5 Å². The molecule has 1 rings (SSSR count). The molecule has 0 heterocycles. The van der Waals surface area contributed by atoms with Crippen LogP contribution < -0.4 is 5.32 Å². The molecule has 2 unspecified atom stereocenters. The van der Waals surface area contributed by atoms with E-state index in [1.807, 2.05) is 0 Å². The van der Waals surface area contributed by atoms with Gasteiger partial charge in [0.25, 0.3) is 0 Å². The largest absolute Gasteiger partial charge is 0.480 e. The third kappa shape index (κ3) is 3.69. The highest BCUT2D eigenvalue weighted by Crippen LogP contribution is 2.27. The maximum Gasteiger partial charge on any atom is 0.323 e. The molecule has 0 amide bonds. The zero-order chi connectivity index (χ0) is 13.8. The lowest BCUT2D eigenvalue weighted by Crippen LogP contribution is -2.54. The number of carboxylic acid groups (broad SMARTS) is 1. The van der Waals surface area contributed by atoms with Crippen LogP contribution in [0.3, 0.4) is 0 Å². The van der Waals surface area contributed by atoms with Gasteiger partial charge in [-0.05, 0) is 53.1 Å². The third-order valence-electron chi connectivity index (χ3n) is 4.29. The number of hydrogen-bond acceptors (Lipinski definition) is 3. The Labute approximate surface area is 111 Å². The molecule has 1 fully saturated rings. The van der Waals surface area contributed by atoms with Gasteiger partial charge in [-0.15, -0.1) is 0 Å². The summed E-state index contributed by atoms with van der Waals surface area (Å²) in [4.78, 5) is 13.8. The van der Waals surface area contributed by atoms with Crippen molar-refractivity contribution in [3.63, 3.8) is 0 Å². The molecular formula is C14H28N2O2. The van der Waals surface area contributed by atoms with Crippen molar-refractivity contribution < 1.29 is 9.90 Å². The Hall–Kier alpha value is -0.610. The number of carboxylic acids is 1. The molecule has 106 valence electrons. The van der Waals surface area contributed by atoms with Crippen LogP contribution in [0, 0.1) is 0 Å². The fourth-order valence-corrected chi connectivity index (χ4v) is 2.52. The summed E-state index contributed by atoms with van der Waals surface area (Å²) in [5.41, 5.74) is -0.812. The van der Waals surface area contributed by atoms with E-state index in [1.165, 1.54) is 19.3 Å². The van der Waals surface area contributed by atoms with Crippen molar-refractivity contribution >= 4 is 5.97 Å². The second kappa shape index (κ2) is 6.53. The number of nitrogens with zero attached hydrogens (tertiary/aromatic N) is 1. The summed E-state index contributed by atoms with van der Waals surface area (Å²) < 4.78 is 0. The lowest BCUT2D eigenvalue weighted by molar-refractivity contribution is -0.145. The van der Waals surface area contributed by atoms with Gasteiger partial charge in [0.05, 0.1) is 0 Å². The predicted octanol–water partition coefficient (Wildman–Crippen LogP) is 2.09. The number of aliphatic carboxylic acids is 1. The molecule has 0 aromatic rings. The predicted molar refractivity (Wildman–Crippen MR) is 73.8 cm³/mol. The van der Waals surface area contributed by atoms with Crippen LogP contribution in [-0.4, -0.2) is 47.2 Å². The molecule has 0 bridgehead atoms. The first-order valence-electron chi connectivity index (χ1n) is 7.11. The van der Waals surface area contributed by atoms with Crippen LogP contribution in [0.1, 0.15) is 52.9 Å². The lowest BCUT2D eigenvalue weighted by atomic mass is 9.87. The minimum atomic E-state index is -0.812. The maximum absolute atomic E-state index is 11.5. The number of carbonyl (C=O) groups is 1. The second-order valence-corrected chi connectivity index (χ2v) is 5.87. The van der Waals surface area contributed by atoms with Gasteiger partial charge >= 0.3 is 5.97 Å². The molecule has 1 saturated carbocycles. The Morgan fingerprint density at radius 3 is 2.56 bits per heavy atom. The summed E-state index contributed by atoms with van der Waals surface area (Å²) in [5, 5.41) is 12.6. The summed E-state index contributed by atoms with van der Waals surface area (Å²) in [6, 6.07) is 0.949. The Morgan fingerprint density at radius 2 is 2.17 bits per heavy atom. The summed E-state index contributed by atoms with van der Waals surface area (Å²) in [7, 11) is 2.12. The van der Waals surface area contributed by atoms with Gasteiger partial charge in [0.2, 0.25) is 0 Å². The van der Waals surface area contributed by atoms with Crippen molar-refractivity contribution in [3.8, 4) is 0 Å². The van der Waals surface area contributed by atoms with Crippen LogP contribution in [0.15, 0.2) is 0 Å². The Balaban J connectivity index is 2.55. The van der Waals surface area contributed by atoms with Crippen LogP contribution in [0.5, 0.6) is 0 Å². The summed E-state index contributed by atoms with van der Waals surface area (Å²) in [6.07, 6.45) is 5.43. The third-order valence-corrected chi connectivity index (χ3v) is 4.29. The second-order valence-electron chi connectivity index (χ2n) is 5.87. The highest BCUT2D eigenvalue weighted by molar-refractivity contribution is 5.78. The zero-order valence-electron chi connectivity index (χ0n) is 12.2. The van der Waals surface area contributed by atoms with Crippen LogP contribution in [-0.2, 0) is 4.79 Å². The van der Waals surface area contributed by atoms with Crippen LogP contribution >= 0.6 is 0 Å². The van der Waals surface area contributed by atoms with Gasteiger partial charge in [-0.3, -0.25) is 4.79 Å². The van der Waals surface area contributed by atoms with Gasteiger partial charge in [-0.25, -0.2) is 0 Å². The van der Waals surface area contributed by atoms with Gasteiger partial charge < -0.3 is 15.3 Å². The molecular weight excluding hydrogens is 228 g/mol. The van der Waals surface area contributed by atoms with Crippen molar-refractivity contribution in [1.29, 1.82) is 0 Å². The van der Waals surface area contributed by atoms with Gasteiger partial charge in [0.1, 0.15) is 5.54 Å². The minimum absolute atomic E-state index is 0.292. The summed E-state index contributed by atoms with van der Waals surface area (Å²) >= 11 is 0. The first-order valence-corrected chi connectivity index (χ1v) is 7.11. The van der Waals surface area contributed by atoms with E-state index >= 15 is 0 Å². The van der Waals surface area contributed by atoms with Crippen LogP contribution in [0.2, 0.25) is 0 Å².